The second-order valence-electron chi connectivity index (χ2n) is 4.78. The van der Waals surface area contributed by atoms with Crippen molar-refractivity contribution in [2.24, 2.45) is 0 Å². The summed E-state index contributed by atoms with van der Waals surface area (Å²) < 4.78 is 0. The summed E-state index contributed by atoms with van der Waals surface area (Å²) in [5.74, 6) is 0. The highest BCUT2D eigenvalue weighted by Crippen LogP contribution is 2.23. The molecule has 90 valence electrons. The second kappa shape index (κ2) is 3.72. The van der Waals surface area contributed by atoms with Gasteiger partial charge in [0, 0.05) is 19.6 Å². The topological polar surface area (TPSA) is 72.7 Å². The molecule has 1 saturated heterocycles. The minimum atomic E-state index is -0.156. The Morgan fingerprint density at radius 1 is 1.18 bits per heavy atom. The van der Waals surface area contributed by atoms with Crippen molar-refractivity contribution < 1.29 is 0 Å². The molecule has 1 aromatic heterocycles. The predicted octanol–water partition coefficient (Wildman–Crippen LogP) is 0.264. The van der Waals surface area contributed by atoms with Gasteiger partial charge in [-0.2, -0.15) is 0 Å². The van der Waals surface area contributed by atoms with E-state index in [-0.39, 0.29) is 11.2 Å². The Bertz CT molecular complexity index is 592. The molecule has 3 rings (SSSR count). The van der Waals surface area contributed by atoms with Gasteiger partial charge in [-0.3, -0.25) is 0 Å². The van der Waals surface area contributed by atoms with Crippen LogP contribution in [0.4, 0.5) is 0 Å². The monoisotopic (exact) mass is 232 g/mol. The summed E-state index contributed by atoms with van der Waals surface area (Å²) in [6, 6.07) is 6.05. The first kappa shape index (κ1) is 10.6. The molecule has 5 heteroatoms. The number of nitrogens with one attached hydrogen (secondary N) is 4. The summed E-state index contributed by atoms with van der Waals surface area (Å²) in [5.41, 5.74) is 2.68. The van der Waals surface area contributed by atoms with Crippen LogP contribution in [0.2, 0.25) is 0 Å². The SMILES string of the molecule is CC1(c2ccc3[nH]c(=O)[nH]c3c2)CNCCN1. The number of fused-ring (bicyclic) bond motifs is 1. The highest BCUT2D eigenvalue weighted by atomic mass is 16.1. The fourth-order valence-corrected chi connectivity index (χ4v) is 2.41. The third-order valence-corrected chi connectivity index (χ3v) is 3.45. The Morgan fingerprint density at radius 3 is 2.76 bits per heavy atom. The molecule has 5 nitrogen and oxygen atoms in total. The van der Waals surface area contributed by atoms with Crippen LogP contribution in [0, 0.1) is 0 Å². The largest absolute Gasteiger partial charge is 0.323 e. The van der Waals surface area contributed by atoms with Gasteiger partial charge in [-0.25, -0.2) is 4.79 Å². The van der Waals surface area contributed by atoms with E-state index in [1.54, 1.807) is 0 Å². The average Bonchev–Trinajstić information content (AvgIpc) is 2.69. The van der Waals surface area contributed by atoms with Crippen molar-refractivity contribution in [1.29, 1.82) is 0 Å². The fourth-order valence-electron chi connectivity index (χ4n) is 2.41. The van der Waals surface area contributed by atoms with Crippen molar-refractivity contribution in [2.75, 3.05) is 19.6 Å². The van der Waals surface area contributed by atoms with Crippen molar-refractivity contribution in [3.8, 4) is 0 Å². The summed E-state index contributed by atoms with van der Waals surface area (Å²) in [6.07, 6.45) is 0. The normalized spacial score (nSPS) is 25.2. The van der Waals surface area contributed by atoms with Gasteiger partial charge >= 0.3 is 5.69 Å². The lowest BCUT2D eigenvalue weighted by Gasteiger charge is -2.36. The zero-order valence-electron chi connectivity index (χ0n) is 9.76. The summed E-state index contributed by atoms with van der Waals surface area (Å²) in [7, 11) is 0. The van der Waals surface area contributed by atoms with Gasteiger partial charge in [-0.15, -0.1) is 0 Å². The Hall–Kier alpha value is -1.59. The first-order valence-corrected chi connectivity index (χ1v) is 5.86. The van der Waals surface area contributed by atoms with Crippen LogP contribution in [0.15, 0.2) is 23.0 Å². The van der Waals surface area contributed by atoms with Gasteiger partial charge in [-0.1, -0.05) is 6.07 Å². The molecule has 1 aromatic carbocycles. The predicted molar refractivity (Wildman–Crippen MR) is 67.1 cm³/mol. The molecular weight excluding hydrogens is 216 g/mol. The quantitative estimate of drug-likeness (QED) is 0.570. The van der Waals surface area contributed by atoms with E-state index in [1.807, 2.05) is 12.1 Å². The summed E-state index contributed by atoms with van der Waals surface area (Å²) in [4.78, 5) is 16.8. The van der Waals surface area contributed by atoms with Crippen LogP contribution in [-0.4, -0.2) is 29.6 Å². The molecule has 4 N–H and O–H groups in total. The number of hydrogen-bond donors (Lipinski definition) is 4. The Kier molecular flexibility index (Phi) is 2.31. The standard InChI is InChI=1S/C12H16N4O/c1-12(7-13-4-5-14-12)8-2-3-9-10(6-8)16-11(17)15-9/h2-3,6,13-14H,4-5,7H2,1H3,(H2,15,16,17). The second-order valence-corrected chi connectivity index (χ2v) is 4.78. The summed E-state index contributed by atoms with van der Waals surface area (Å²) in [5, 5.41) is 6.90. The molecule has 1 aliphatic heterocycles. The zero-order valence-corrected chi connectivity index (χ0v) is 9.76. The first-order chi connectivity index (χ1) is 8.17. The molecule has 1 fully saturated rings. The maximum atomic E-state index is 11.2. The molecule has 2 heterocycles. The van der Waals surface area contributed by atoms with Crippen LogP contribution in [0.3, 0.4) is 0 Å². The highest BCUT2D eigenvalue weighted by Gasteiger charge is 2.28. The Balaban J connectivity index is 2.07. The van der Waals surface area contributed by atoms with E-state index in [0.717, 1.165) is 30.7 Å². The minimum Gasteiger partial charge on any atom is -0.313 e. The number of H-pyrrole nitrogens is 2. The minimum absolute atomic E-state index is 0.0689. The van der Waals surface area contributed by atoms with Crippen LogP contribution in [0.25, 0.3) is 11.0 Å². The van der Waals surface area contributed by atoms with Crippen LogP contribution in [-0.2, 0) is 5.54 Å². The maximum absolute atomic E-state index is 11.2. The lowest BCUT2D eigenvalue weighted by atomic mass is 9.90. The fraction of sp³-hybridized carbons (Fsp3) is 0.417. The molecule has 0 aliphatic carbocycles. The number of piperazine rings is 1. The summed E-state index contributed by atoms with van der Waals surface area (Å²) >= 11 is 0. The Morgan fingerprint density at radius 2 is 2.00 bits per heavy atom. The van der Waals surface area contributed by atoms with E-state index in [2.05, 4.69) is 33.6 Å². The van der Waals surface area contributed by atoms with E-state index >= 15 is 0 Å². The molecular formula is C12H16N4O. The maximum Gasteiger partial charge on any atom is 0.323 e. The van der Waals surface area contributed by atoms with Crippen molar-refractivity contribution in [3.63, 3.8) is 0 Å². The first-order valence-electron chi connectivity index (χ1n) is 5.86. The number of benzene rings is 1. The van der Waals surface area contributed by atoms with Gasteiger partial charge in [0.1, 0.15) is 0 Å². The van der Waals surface area contributed by atoms with Crippen LogP contribution >= 0.6 is 0 Å². The number of imidazole rings is 1. The van der Waals surface area contributed by atoms with Crippen molar-refractivity contribution >= 4 is 11.0 Å². The molecule has 0 radical (unpaired) electrons. The van der Waals surface area contributed by atoms with E-state index in [1.165, 1.54) is 5.56 Å². The number of aromatic amines is 2. The molecule has 1 unspecified atom stereocenters. The zero-order chi connectivity index (χ0) is 11.9. The van der Waals surface area contributed by atoms with Crippen molar-refractivity contribution in [2.45, 2.75) is 12.5 Å². The van der Waals surface area contributed by atoms with Gasteiger partial charge in [0.15, 0.2) is 0 Å². The number of aromatic nitrogens is 2. The van der Waals surface area contributed by atoms with Crippen LogP contribution < -0.4 is 16.3 Å². The molecule has 2 aromatic rings. The lowest BCUT2D eigenvalue weighted by Crippen LogP contribution is -2.54. The van der Waals surface area contributed by atoms with Gasteiger partial charge in [0.05, 0.1) is 16.6 Å². The van der Waals surface area contributed by atoms with Gasteiger partial charge in [-0.05, 0) is 24.6 Å². The lowest BCUT2D eigenvalue weighted by molar-refractivity contribution is 0.303. The van der Waals surface area contributed by atoms with Crippen LogP contribution in [0.1, 0.15) is 12.5 Å². The Labute approximate surface area is 98.6 Å². The molecule has 1 aliphatic rings. The molecule has 0 saturated carbocycles. The van der Waals surface area contributed by atoms with E-state index in [4.69, 9.17) is 0 Å². The van der Waals surface area contributed by atoms with Gasteiger partial charge < -0.3 is 20.6 Å². The summed E-state index contributed by atoms with van der Waals surface area (Å²) in [6.45, 7) is 5.02. The molecule has 1 atom stereocenters. The smallest absolute Gasteiger partial charge is 0.313 e. The van der Waals surface area contributed by atoms with Crippen molar-refractivity contribution in [3.05, 3.63) is 34.2 Å². The highest BCUT2D eigenvalue weighted by molar-refractivity contribution is 5.75. The molecule has 0 bridgehead atoms. The number of rotatable bonds is 1. The van der Waals surface area contributed by atoms with E-state index in [9.17, 15) is 4.79 Å². The van der Waals surface area contributed by atoms with Gasteiger partial charge in [0.25, 0.3) is 0 Å². The molecule has 0 spiro atoms. The number of hydrogen-bond acceptors (Lipinski definition) is 3. The third-order valence-electron chi connectivity index (χ3n) is 3.45. The van der Waals surface area contributed by atoms with E-state index < -0.39 is 0 Å². The van der Waals surface area contributed by atoms with E-state index in [0.29, 0.717) is 0 Å². The molecule has 17 heavy (non-hydrogen) atoms. The van der Waals surface area contributed by atoms with Crippen LogP contribution in [0.5, 0.6) is 0 Å². The molecule has 0 amide bonds. The average molecular weight is 232 g/mol. The van der Waals surface area contributed by atoms with Crippen molar-refractivity contribution in [1.82, 2.24) is 20.6 Å². The van der Waals surface area contributed by atoms with Gasteiger partial charge in [0.2, 0.25) is 0 Å². The third kappa shape index (κ3) is 1.77.